The third-order valence-electron chi connectivity index (χ3n) is 2.92. The van der Waals surface area contributed by atoms with Gasteiger partial charge in [0.15, 0.2) is 17.9 Å². The molecule has 0 atom stereocenters. The van der Waals surface area contributed by atoms with Gasteiger partial charge >= 0.3 is 0 Å². The molecule has 0 fully saturated rings. The van der Waals surface area contributed by atoms with Crippen molar-refractivity contribution in [2.24, 2.45) is 0 Å². The lowest BCUT2D eigenvalue weighted by Gasteiger charge is -2.06. The predicted octanol–water partition coefficient (Wildman–Crippen LogP) is 1.19. The number of aryl methyl sites for hydroxylation is 1. The Morgan fingerprint density at radius 1 is 1.30 bits per heavy atom. The highest BCUT2D eigenvalue weighted by Crippen LogP contribution is 2.33. The van der Waals surface area contributed by atoms with Gasteiger partial charge in [-0.2, -0.15) is 0 Å². The smallest absolute Gasteiger partial charge is 0.241 e. The third kappa shape index (κ3) is 2.35. The molecular formula is C12H12N2O5S. The Labute approximate surface area is 115 Å². The zero-order valence-electron chi connectivity index (χ0n) is 10.6. The van der Waals surface area contributed by atoms with Crippen molar-refractivity contribution in [3.8, 4) is 11.5 Å². The molecule has 0 aliphatic carbocycles. The molecule has 1 N–H and O–H groups in total. The molecule has 0 bridgehead atoms. The molecule has 0 amide bonds. The SMILES string of the molecule is Cc1ncoc1CNS(=O)(=O)c1ccc2c(c1)OCO2. The summed E-state index contributed by atoms with van der Waals surface area (Å²) in [5.74, 6) is 1.44. The van der Waals surface area contributed by atoms with Crippen LogP contribution in [0.5, 0.6) is 11.5 Å². The van der Waals surface area contributed by atoms with Crippen molar-refractivity contribution in [3.63, 3.8) is 0 Å². The largest absolute Gasteiger partial charge is 0.454 e. The molecule has 2 heterocycles. The van der Waals surface area contributed by atoms with E-state index >= 15 is 0 Å². The molecule has 3 rings (SSSR count). The fourth-order valence-electron chi connectivity index (χ4n) is 1.78. The van der Waals surface area contributed by atoms with Gasteiger partial charge in [0.25, 0.3) is 0 Å². The van der Waals surface area contributed by atoms with Crippen LogP contribution < -0.4 is 14.2 Å². The number of oxazole rings is 1. The number of fused-ring (bicyclic) bond motifs is 1. The summed E-state index contributed by atoms with van der Waals surface area (Å²) in [5.41, 5.74) is 0.651. The van der Waals surface area contributed by atoms with E-state index in [1.165, 1.54) is 18.5 Å². The summed E-state index contributed by atoms with van der Waals surface area (Å²) in [5, 5.41) is 0. The van der Waals surface area contributed by atoms with Gasteiger partial charge in [0.05, 0.1) is 17.1 Å². The molecule has 0 saturated heterocycles. The lowest BCUT2D eigenvalue weighted by molar-refractivity contribution is 0.174. The summed E-state index contributed by atoms with van der Waals surface area (Å²) >= 11 is 0. The molecule has 1 aliphatic heterocycles. The molecule has 0 unspecified atom stereocenters. The van der Waals surface area contributed by atoms with Crippen LogP contribution in [-0.4, -0.2) is 20.2 Å². The number of benzene rings is 1. The molecule has 0 spiro atoms. The van der Waals surface area contributed by atoms with E-state index in [0.29, 0.717) is 23.0 Å². The van der Waals surface area contributed by atoms with Gasteiger partial charge in [0, 0.05) is 6.07 Å². The number of sulfonamides is 1. The van der Waals surface area contributed by atoms with E-state index in [4.69, 9.17) is 13.9 Å². The quantitative estimate of drug-likeness (QED) is 0.911. The van der Waals surface area contributed by atoms with E-state index < -0.39 is 10.0 Å². The predicted molar refractivity (Wildman–Crippen MR) is 67.8 cm³/mol. The maximum absolute atomic E-state index is 12.2. The Balaban J connectivity index is 1.80. The van der Waals surface area contributed by atoms with E-state index in [1.54, 1.807) is 13.0 Å². The maximum Gasteiger partial charge on any atom is 0.241 e. The van der Waals surface area contributed by atoms with Crippen molar-refractivity contribution < 1.29 is 22.3 Å². The summed E-state index contributed by atoms with van der Waals surface area (Å²) in [7, 11) is -3.65. The second-order valence-electron chi connectivity index (χ2n) is 4.20. The van der Waals surface area contributed by atoms with Gasteiger partial charge < -0.3 is 13.9 Å². The van der Waals surface area contributed by atoms with E-state index in [0.717, 1.165) is 0 Å². The minimum absolute atomic E-state index is 0.0443. The van der Waals surface area contributed by atoms with Crippen LogP contribution in [-0.2, 0) is 16.6 Å². The third-order valence-corrected chi connectivity index (χ3v) is 4.32. The molecule has 0 radical (unpaired) electrons. The maximum atomic E-state index is 12.2. The zero-order valence-corrected chi connectivity index (χ0v) is 11.4. The van der Waals surface area contributed by atoms with E-state index in [1.807, 2.05) is 0 Å². The lowest BCUT2D eigenvalue weighted by atomic mass is 10.3. The van der Waals surface area contributed by atoms with Crippen molar-refractivity contribution in [3.05, 3.63) is 36.0 Å². The minimum Gasteiger partial charge on any atom is -0.454 e. The molecule has 20 heavy (non-hydrogen) atoms. The van der Waals surface area contributed by atoms with Crippen molar-refractivity contribution in [1.82, 2.24) is 9.71 Å². The Hall–Kier alpha value is -2.06. The molecule has 1 aliphatic rings. The monoisotopic (exact) mass is 296 g/mol. The summed E-state index contributed by atoms with van der Waals surface area (Å²) in [4.78, 5) is 4.01. The Kier molecular flexibility index (Phi) is 3.11. The molecule has 7 nitrogen and oxygen atoms in total. The Bertz CT molecular complexity index is 738. The fraction of sp³-hybridized carbons (Fsp3) is 0.250. The van der Waals surface area contributed by atoms with Crippen LogP contribution in [0.2, 0.25) is 0 Å². The van der Waals surface area contributed by atoms with Crippen LogP contribution in [0.4, 0.5) is 0 Å². The summed E-state index contributed by atoms with van der Waals surface area (Å²) in [6.07, 6.45) is 1.28. The molecule has 0 saturated carbocycles. The van der Waals surface area contributed by atoms with Crippen LogP contribution in [0, 0.1) is 6.92 Å². The molecule has 106 valence electrons. The number of aromatic nitrogens is 1. The summed E-state index contributed by atoms with van der Waals surface area (Å²) in [6.45, 7) is 1.89. The number of hydrogen-bond donors (Lipinski definition) is 1. The fourth-order valence-corrected chi connectivity index (χ4v) is 2.78. The van der Waals surface area contributed by atoms with Gasteiger partial charge in [-0.3, -0.25) is 0 Å². The molecule has 2 aromatic rings. The highest BCUT2D eigenvalue weighted by Gasteiger charge is 2.20. The first-order valence-electron chi connectivity index (χ1n) is 5.84. The summed E-state index contributed by atoms with van der Waals surface area (Å²) in [6, 6.07) is 4.46. The Morgan fingerprint density at radius 3 is 2.85 bits per heavy atom. The molecule has 1 aromatic carbocycles. The van der Waals surface area contributed by atoms with Crippen LogP contribution in [0.1, 0.15) is 11.5 Å². The molecule has 8 heteroatoms. The Morgan fingerprint density at radius 2 is 2.10 bits per heavy atom. The van der Waals surface area contributed by atoms with Crippen LogP contribution in [0.15, 0.2) is 33.9 Å². The highest BCUT2D eigenvalue weighted by atomic mass is 32.2. The number of rotatable bonds is 4. The van der Waals surface area contributed by atoms with Crippen LogP contribution in [0.3, 0.4) is 0 Å². The van der Waals surface area contributed by atoms with Gasteiger partial charge in [-0.25, -0.2) is 18.1 Å². The first kappa shape index (κ1) is 12.9. The van der Waals surface area contributed by atoms with E-state index in [-0.39, 0.29) is 18.2 Å². The number of ether oxygens (including phenoxy) is 2. The first-order valence-corrected chi connectivity index (χ1v) is 7.33. The van der Waals surface area contributed by atoms with Gasteiger partial charge in [0.2, 0.25) is 16.8 Å². The van der Waals surface area contributed by atoms with Gasteiger partial charge in [-0.05, 0) is 19.1 Å². The highest BCUT2D eigenvalue weighted by molar-refractivity contribution is 7.89. The zero-order chi connectivity index (χ0) is 14.2. The number of nitrogens with one attached hydrogen (secondary N) is 1. The average Bonchev–Trinajstić information content (AvgIpc) is 3.04. The van der Waals surface area contributed by atoms with Gasteiger partial charge in [0.1, 0.15) is 5.76 Å². The van der Waals surface area contributed by atoms with Crippen molar-refractivity contribution >= 4 is 10.0 Å². The second kappa shape index (κ2) is 4.80. The van der Waals surface area contributed by atoms with Gasteiger partial charge in [-0.1, -0.05) is 0 Å². The topological polar surface area (TPSA) is 90.7 Å². The minimum atomic E-state index is -3.65. The van der Waals surface area contributed by atoms with Crippen molar-refractivity contribution in [2.45, 2.75) is 18.4 Å². The summed E-state index contributed by atoms with van der Waals surface area (Å²) < 4.78 is 42.2. The normalized spacial score (nSPS) is 13.7. The lowest BCUT2D eigenvalue weighted by Crippen LogP contribution is -2.23. The second-order valence-corrected chi connectivity index (χ2v) is 5.97. The standard InChI is InChI=1S/C12H12N2O5S/c1-8-12(17-6-13-8)5-14-20(15,16)9-2-3-10-11(4-9)19-7-18-10/h2-4,6,14H,5,7H2,1H3. The average molecular weight is 296 g/mol. The van der Waals surface area contributed by atoms with E-state index in [9.17, 15) is 8.42 Å². The first-order chi connectivity index (χ1) is 9.56. The van der Waals surface area contributed by atoms with Crippen LogP contribution in [0.25, 0.3) is 0 Å². The van der Waals surface area contributed by atoms with Crippen molar-refractivity contribution in [1.29, 1.82) is 0 Å². The van der Waals surface area contributed by atoms with E-state index in [2.05, 4.69) is 9.71 Å². The molecular weight excluding hydrogens is 284 g/mol. The van der Waals surface area contributed by atoms with Crippen molar-refractivity contribution in [2.75, 3.05) is 6.79 Å². The van der Waals surface area contributed by atoms with Crippen LogP contribution >= 0.6 is 0 Å². The number of hydrogen-bond acceptors (Lipinski definition) is 6. The molecule has 1 aromatic heterocycles. The van der Waals surface area contributed by atoms with Gasteiger partial charge in [-0.15, -0.1) is 0 Å². The number of nitrogens with zero attached hydrogens (tertiary/aromatic N) is 1.